The third kappa shape index (κ3) is 2.64. The van der Waals surface area contributed by atoms with Gasteiger partial charge < -0.3 is 0 Å². The van der Waals surface area contributed by atoms with E-state index in [2.05, 4.69) is 89.6 Å². The Labute approximate surface area is 128 Å². The molecule has 0 amide bonds. The molecule has 0 aliphatic heterocycles. The number of rotatable bonds is 3. The van der Waals surface area contributed by atoms with Crippen LogP contribution in [0.1, 0.15) is 21.5 Å². The summed E-state index contributed by atoms with van der Waals surface area (Å²) in [4.78, 5) is 0.342. The highest BCUT2D eigenvalue weighted by Crippen LogP contribution is 2.33. The first-order valence-corrected chi connectivity index (χ1v) is 7.83. The van der Waals surface area contributed by atoms with Crippen LogP contribution in [0.5, 0.6) is 0 Å². The van der Waals surface area contributed by atoms with Crippen LogP contribution < -0.4 is 0 Å². The van der Waals surface area contributed by atoms with Crippen molar-refractivity contribution in [3.63, 3.8) is 0 Å². The first kappa shape index (κ1) is 13.4. The maximum atomic E-state index is 3.88. The Morgan fingerprint density at radius 1 is 0.850 bits per heavy atom. The van der Waals surface area contributed by atoms with Gasteiger partial charge in [-0.25, -0.2) is 0 Å². The lowest BCUT2D eigenvalue weighted by atomic mass is 9.97. The molecular formula is C19H17Br. The molecule has 0 N–H and O–H groups in total. The number of hydrogen-bond acceptors (Lipinski definition) is 0. The average molecular weight is 325 g/mol. The number of fused-ring (bicyclic) bond motifs is 1. The molecule has 0 spiro atoms. The Bertz CT molecular complexity index is 725. The lowest BCUT2D eigenvalue weighted by molar-refractivity contribution is 0.947. The van der Waals surface area contributed by atoms with Crippen LogP contribution >= 0.6 is 15.9 Å². The molecule has 1 heteroatoms. The topological polar surface area (TPSA) is 0 Å². The molecule has 0 radical (unpaired) electrons. The Balaban J connectivity index is 1.97. The summed E-state index contributed by atoms with van der Waals surface area (Å²) in [5, 5.41) is 2.64. The summed E-state index contributed by atoms with van der Waals surface area (Å²) in [6, 6.07) is 23.7. The molecule has 0 nitrogen and oxygen atoms in total. The van der Waals surface area contributed by atoms with Crippen molar-refractivity contribution in [2.45, 2.75) is 18.2 Å². The molecule has 0 bridgehead atoms. The zero-order chi connectivity index (χ0) is 13.9. The largest absolute Gasteiger partial charge is 0.0835 e. The lowest BCUT2D eigenvalue weighted by Crippen LogP contribution is -1.98. The molecule has 1 atom stereocenters. The first-order valence-electron chi connectivity index (χ1n) is 6.92. The van der Waals surface area contributed by atoms with Crippen molar-refractivity contribution in [1.29, 1.82) is 0 Å². The van der Waals surface area contributed by atoms with Crippen LogP contribution in [-0.2, 0) is 6.42 Å². The van der Waals surface area contributed by atoms with Gasteiger partial charge in [0.25, 0.3) is 0 Å². The van der Waals surface area contributed by atoms with Gasteiger partial charge in [-0.15, -0.1) is 0 Å². The second-order valence-electron chi connectivity index (χ2n) is 5.17. The van der Waals surface area contributed by atoms with Gasteiger partial charge in [-0.3, -0.25) is 0 Å². The smallest absolute Gasteiger partial charge is 0.0441 e. The quantitative estimate of drug-likeness (QED) is 0.532. The van der Waals surface area contributed by atoms with Gasteiger partial charge in [-0.2, -0.15) is 0 Å². The summed E-state index contributed by atoms with van der Waals surface area (Å²) >= 11 is 3.88. The van der Waals surface area contributed by atoms with Crippen LogP contribution in [0.25, 0.3) is 10.8 Å². The number of aryl methyl sites for hydroxylation is 1. The average Bonchev–Trinajstić information content (AvgIpc) is 2.49. The normalized spacial score (nSPS) is 12.5. The summed E-state index contributed by atoms with van der Waals surface area (Å²) in [7, 11) is 0. The molecule has 0 aliphatic carbocycles. The third-order valence-corrected chi connectivity index (χ3v) is 4.64. The van der Waals surface area contributed by atoms with Crippen molar-refractivity contribution < 1.29 is 0 Å². The van der Waals surface area contributed by atoms with E-state index in [4.69, 9.17) is 0 Å². The van der Waals surface area contributed by atoms with E-state index in [0.717, 1.165) is 6.42 Å². The van der Waals surface area contributed by atoms with Gasteiger partial charge in [-0.1, -0.05) is 82.7 Å². The molecule has 100 valence electrons. The van der Waals surface area contributed by atoms with E-state index in [9.17, 15) is 0 Å². The van der Waals surface area contributed by atoms with Crippen LogP contribution in [0.3, 0.4) is 0 Å². The fourth-order valence-corrected chi connectivity index (χ4v) is 3.41. The second kappa shape index (κ2) is 5.80. The summed E-state index contributed by atoms with van der Waals surface area (Å²) in [5.74, 6) is 0. The highest BCUT2D eigenvalue weighted by molar-refractivity contribution is 9.09. The predicted molar refractivity (Wildman–Crippen MR) is 90.5 cm³/mol. The van der Waals surface area contributed by atoms with Crippen molar-refractivity contribution in [3.05, 3.63) is 83.4 Å². The van der Waals surface area contributed by atoms with E-state index in [1.165, 1.54) is 27.5 Å². The number of halogens is 1. The molecule has 1 unspecified atom stereocenters. The number of benzene rings is 3. The highest BCUT2D eigenvalue weighted by atomic mass is 79.9. The molecule has 3 aromatic rings. The molecule has 0 fully saturated rings. The number of hydrogen-bond donors (Lipinski definition) is 0. The molecule has 0 aliphatic rings. The Hall–Kier alpha value is -1.60. The minimum Gasteiger partial charge on any atom is -0.0835 e. The monoisotopic (exact) mass is 324 g/mol. The zero-order valence-electron chi connectivity index (χ0n) is 11.5. The first-order chi connectivity index (χ1) is 9.75. The van der Waals surface area contributed by atoms with Crippen molar-refractivity contribution in [2.24, 2.45) is 0 Å². The minimum absolute atomic E-state index is 0.342. The van der Waals surface area contributed by atoms with Crippen molar-refractivity contribution in [1.82, 2.24) is 0 Å². The Kier molecular flexibility index (Phi) is 3.88. The van der Waals surface area contributed by atoms with Crippen LogP contribution in [0.15, 0.2) is 66.7 Å². The fraction of sp³-hybridized carbons (Fsp3) is 0.158. The molecule has 3 rings (SSSR count). The van der Waals surface area contributed by atoms with Crippen molar-refractivity contribution in [2.75, 3.05) is 0 Å². The molecule has 0 aromatic heterocycles. The molecule has 0 saturated heterocycles. The molecule has 3 aromatic carbocycles. The third-order valence-electron chi connectivity index (χ3n) is 3.82. The van der Waals surface area contributed by atoms with Crippen LogP contribution in [0.4, 0.5) is 0 Å². The van der Waals surface area contributed by atoms with E-state index >= 15 is 0 Å². The minimum atomic E-state index is 0.342. The van der Waals surface area contributed by atoms with Gasteiger partial charge in [0.2, 0.25) is 0 Å². The van der Waals surface area contributed by atoms with Crippen LogP contribution in [0.2, 0.25) is 0 Å². The Morgan fingerprint density at radius 2 is 1.55 bits per heavy atom. The summed E-state index contributed by atoms with van der Waals surface area (Å²) in [6.07, 6.45) is 1.01. The van der Waals surface area contributed by atoms with Crippen LogP contribution in [-0.4, -0.2) is 0 Å². The van der Waals surface area contributed by atoms with Gasteiger partial charge in [0, 0.05) is 4.83 Å². The van der Waals surface area contributed by atoms with Crippen molar-refractivity contribution >= 4 is 26.7 Å². The maximum absolute atomic E-state index is 3.88. The molecule has 20 heavy (non-hydrogen) atoms. The van der Waals surface area contributed by atoms with Gasteiger partial charge in [0.15, 0.2) is 0 Å². The van der Waals surface area contributed by atoms with Crippen LogP contribution in [0, 0.1) is 6.92 Å². The summed E-state index contributed by atoms with van der Waals surface area (Å²) < 4.78 is 0. The van der Waals surface area contributed by atoms with Gasteiger partial charge in [0.1, 0.15) is 0 Å². The van der Waals surface area contributed by atoms with Gasteiger partial charge >= 0.3 is 0 Å². The number of alkyl halides is 1. The van der Waals surface area contributed by atoms with Crippen molar-refractivity contribution in [3.8, 4) is 0 Å². The van der Waals surface area contributed by atoms with Gasteiger partial charge in [-0.05, 0) is 40.8 Å². The lowest BCUT2D eigenvalue weighted by Gasteiger charge is -2.14. The second-order valence-corrected chi connectivity index (χ2v) is 6.27. The van der Waals surface area contributed by atoms with Gasteiger partial charge in [0.05, 0.1) is 0 Å². The van der Waals surface area contributed by atoms with E-state index in [0.29, 0.717) is 4.83 Å². The van der Waals surface area contributed by atoms with E-state index in [-0.39, 0.29) is 0 Å². The van der Waals surface area contributed by atoms with E-state index < -0.39 is 0 Å². The maximum Gasteiger partial charge on any atom is 0.0441 e. The van der Waals surface area contributed by atoms with E-state index in [1.54, 1.807) is 0 Å². The molecule has 0 saturated carbocycles. The summed E-state index contributed by atoms with van der Waals surface area (Å²) in [5.41, 5.74) is 4.13. The van der Waals surface area contributed by atoms with E-state index in [1.807, 2.05) is 0 Å². The molecular weight excluding hydrogens is 308 g/mol. The highest BCUT2D eigenvalue weighted by Gasteiger charge is 2.12. The molecule has 0 heterocycles. The Morgan fingerprint density at radius 3 is 2.40 bits per heavy atom. The summed E-state index contributed by atoms with van der Waals surface area (Å²) in [6.45, 7) is 2.18. The SMILES string of the molecule is Cc1ccccc1CC(Br)c1cccc2ccccc12. The fourth-order valence-electron chi connectivity index (χ4n) is 2.67. The predicted octanol–water partition coefficient (Wildman–Crippen LogP) is 5.83. The standard InChI is InChI=1S/C19H17Br/c1-14-7-2-3-9-16(14)13-19(20)18-12-6-10-15-8-4-5-11-17(15)18/h2-12,19H,13H2,1H3. The zero-order valence-corrected chi connectivity index (χ0v) is 13.1.